The van der Waals surface area contributed by atoms with Crippen LogP contribution in [0.5, 0.6) is 0 Å². The van der Waals surface area contributed by atoms with Crippen molar-refractivity contribution in [1.29, 1.82) is 0 Å². The quantitative estimate of drug-likeness (QED) is 0.838. The van der Waals surface area contributed by atoms with E-state index in [0.29, 0.717) is 11.1 Å². The number of aliphatic carboxylic acids is 1. The molecule has 1 aromatic rings. The summed E-state index contributed by atoms with van der Waals surface area (Å²) in [7, 11) is 1.31. The molecule has 0 amide bonds. The molecular weight excluding hydrogens is 232 g/mol. The van der Waals surface area contributed by atoms with Crippen molar-refractivity contribution in [2.45, 2.75) is 26.7 Å². The number of methoxy groups -OCH3 is 1. The van der Waals surface area contributed by atoms with Crippen molar-refractivity contribution in [2.24, 2.45) is 5.41 Å². The third-order valence-electron chi connectivity index (χ3n) is 2.78. The van der Waals surface area contributed by atoms with E-state index in [-0.39, 0.29) is 0 Å². The summed E-state index contributed by atoms with van der Waals surface area (Å²) >= 11 is 0. The van der Waals surface area contributed by atoms with Gasteiger partial charge in [0, 0.05) is 0 Å². The van der Waals surface area contributed by atoms with E-state index in [2.05, 4.69) is 4.74 Å². The number of hydrogen-bond donors (Lipinski definition) is 1. The first-order valence-electron chi connectivity index (χ1n) is 5.68. The van der Waals surface area contributed by atoms with E-state index < -0.39 is 23.3 Å². The minimum Gasteiger partial charge on any atom is -0.481 e. The number of carboxylic acids is 1. The van der Waals surface area contributed by atoms with Crippen LogP contribution in [0.25, 0.3) is 0 Å². The molecule has 0 aliphatic rings. The topological polar surface area (TPSA) is 63.6 Å². The Morgan fingerprint density at radius 2 is 1.67 bits per heavy atom. The highest BCUT2D eigenvalue weighted by molar-refractivity contribution is 5.89. The molecule has 0 saturated heterocycles. The van der Waals surface area contributed by atoms with Gasteiger partial charge in [-0.2, -0.15) is 0 Å². The van der Waals surface area contributed by atoms with Crippen molar-refractivity contribution in [1.82, 2.24) is 0 Å². The van der Waals surface area contributed by atoms with Crippen LogP contribution in [0.4, 0.5) is 0 Å². The van der Waals surface area contributed by atoms with Crippen LogP contribution in [0.15, 0.2) is 24.3 Å². The molecule has 0 heterocycles. The van der Waals surface area contributed by atoms with E-state index in [9.17, 15) is 14.7 Å². The molecule has 1 aromatic carbocycles. The number of esters is 1. The van der Waals surface area contributed by atoms with Gasteiger partial charge in [-0.15, -0.1) is 0 Å². The second kappa shape index (κ2) is 5.21. The van der Waals surface area contributed by atoms with Crippen molar-refractivity contribution >= 4 is 11.9 Å². The number of ether oxygens (including phenoxy) is 1. The molecule has 0 aliphatic carbocycles. The molecule has 0 aromatic heterocycles. The molecule has 0 spiro atoms. The second-order valence-corrected chi connectivity index (χ2v) is 5.25. The lowest BCUT2D eigenvalue weighted by atomic mass is 9.76. The van der Waals surface area contributed by atoms with Crippen LogP contribution in [0.3, 0.4) is 0 Å². The first-order valence-corrected chi connectivity index (χ1v) is 5.68. The summed E-state index contributed by atoms with van der Waals surface area (Å²) in [6.07, 6.45) is 0. The highest BCUT2D eigenvalue weighted by atomic mass is 16.5. The Bertz CT molecular complexity index is 440. The van der Waals surface area contributed by atoms with Crippen LogP contribution in [-0.4, -0.2) is 24.2 Å². The molecule has 0 aliphatic heterocycles. The fraction of sp³-hybridized carbons (Fsp3) is 0.429. The molecule has 0 radical (unpaired) electrons. The molecular formula is C14H18O4. The number of benzene rings is 1. The zero-order valence-corrected chi connectivity index (χ0v) is 11.1. The molecule has 0 bridgehead atoms. The Morgan fingerprint density at radius 1 is 1.17 bits per heavy atom. The average Bonchev–Trinajstić information content (AvgIpc) is 2.26. The average molecular weight is 250 g/mol. The van der Waals surface area contributed by atoms with Crippen LogP contribution in [0, 0.1) is 5.41 Å². The Labute approximate surface area is 107 Å². The molecule has 1 unspecified atom stereocenters. The van der Waals surface area contributed by atoms with Gasteiger partial charge in [0.2, 0.25) is 0 Å². The summed E-state index contributed by atoms with van der Waals surface area (Å²) in [5, 5.41) is 9.30. The number of carboxylic acid groups (broad SMARTS) is 1. The van der Waals surface area contributed by atoms with Gasteiger partial charge in [-0.05, 0) is 23.1 Å². The fourth-order valence-corrected chi connectivity index (χ4v) is 1.94. The van der Waals surface area contributed by atoms with Gasteiger partial charge in [-0.3, -0.25) is 4.79 Å². The van der Waals surface area contributed by atoms with Crippen LogP contribution < -0.4 is 0 Å². The van der Waals surface area contributed by atoms with E-state index >= 15 is 0 Å². The van der Waals surface area contributed by atoms with Crippen molar-refractivity contribution < 1.29 is 19.4 Å². The largest absolute Gasteiger partial charge is 0.481 e. The first-order chi connectivity index (χ1) is 8.27. The van der Waals surface area contributed by atoms with Gasteiger partial charge in [-0.1, -0.05) is 32.9 Å². The fourth-order valence-electron chi connectivity index (χ4n) is 1.94. The lowest BCUT2D eigenvalue weighted by Crippen LogP contribution is -2.26. The minimum absolute atomic E-state index is 0.390. The van der Waals surface area contributed by atoms with Crippen LogP contribution in [0.2, 0.25) is 0 Å². The van der Waals surface area contributed by atoms with Gasteiger partial charge in [-0.25, -0.2) is 4.79 Å². The monoisotopic (exact) mass is 250 g/mol. The summed E-state index contributed by atoms with van der Waals surface area (Å²) < 4.78 is 4.60. The number of rotatable bonds is 3. The standard InChI is InChI=1S/C14H18O4/c1-14(2,3)11(12(15)16)9-5-7-10(8-6-9)13(17)18-4/h5-8,11H,1-4H3,(H,15,16). The molecule has 4 nitrogen and oxygen atoms in total. The zero-order chi connectivity index (χ0) is 13.9. The molecule has 98 valence electrons. The molecule has 1 N–H and O–H groups in total. The molecule has 1 atom stereocenters. The SMILES string of the molecule is COC(=O)c1ccc(C(C(=O)O)C(C)(C)C)cc1. The Hall–Kier alpha value is -1.84. The summed E-state index contributed by atoms with van der Waals surface area (Å²) in [4.78, 5) is 22.6. The van der Waals surface area contributed by atoms with Crippen molar-refractivity contribution in [3.8, 4) is 0 Å². The Morgan fingerprint density at radius 3 is 2.00 bits per heavy atom. The van der Waals surface area contributed by atoms with Crippen molar-refractivity contribution in [3.05, 3.63) is 35.4 Å². The molecule has 4 heteroatoms. The number of carbonyl (C=O) groups is 2. The smallest absolute Gasteiger partial charge is 0.337 e. The third kappa shape index (κ3) is 3.09. The lowest BCUT2D eigenvalue weighted by Gasteiger charge is -2.27. The summed E-state index contributed by atoms with van der Waals surface area (Å²) in [5.41, 5.74) is 0.709. The van der Waals surface area contributed by atoms with Gasteiger partial charge < -0.3 is 9.84 Å². The molecule has 18 heavy (non-hydrogen) atoms. The first kappa shape index (κ1) is 14.2. The maximum absolute atomic E-state index is 11.3. The second-order valence-electron chi connectivity index (χ2n) is 5.25. The molecule has 0 saturated carbocycles. The predicted molar refractivity (Wildman–Crippen MR) is 67.6 cm³/mol. The predicted octanol–water partition coefficient (Wildman–Crippen LogP) is 2.69. The maximum Gasteiger partial charge on any atom is 0.337 e. The summed E-state index contributed by atoms with van der Waals surface area (Å²) in [6, 6.07) is 6.50. The maximum atomic E-state index is 11.3. The van der Waals surface area contributed by atoms with Crippen LogP contribution in [0.1, 0.15) is 42.6 Å². The zero-order valence-electron chi connectivity index (χ0n) is 11.1. The number of hydrogen-bond acceptors (Lipinski definition) is 3. The molecule has 0 fully saturated rings. The normalized spacial score (nSPS) is 12.9. The van der Waals surface area contributed by atoms with Crippen molar-refractivity contribution in [3.63, 3.8) is 0 Å². The highest BCUT2D eigenvalue weighted by Crippen LogP contribution is 2.35. The van der Waals surface area contributed by atoms with Crippen LogP contribution >= 0.6 is 0 Å². The Balaban J connectivity index is 3.09. The minimum atomic E-state index is -0.867. The summed E-state index contributed by atoms with van der Waals surface area (Å²) in [6.45, 7) is 5.63. The van der Waals surface area contributed by atoms with Gasteiger partial charge in [0.1, 0.15) is 0 Å². The van der Waals surface area contributed by atoms with E-state index in [4.69, 9.17) is 0 Å². The molecule has 1 rings (SSSR count). The highest BCUT2D eigenvalue weighted by Gasteiger charge is 2.32. The van der Waals surface area contributed by atoms with E-state index in [1.165, 1.54) is 7.11 Å². The van der Waals surface area contributed by atoms with Gasteiger partial charge in [0.25, 0.3) is 0 Å². The van der Waals surface area contributed by atoms with E-state index in [0.717, 1.165) is 0 Å². The number of carbonyl (C=O) groups excluding carboxylic acids is 1. The van der Waals surface area contributed by atoms with Gasteiger partial charge in [0.15, 0.2) is 0 Å². The van der Waals surface area contributed by atoms with Crippen molar-refractivity contribution in [2.75, 3.05) is 7.11 Å². The third-order valence-corrected chi connectivity index (χ3v) is 2.78. The Kier molecular flexibility index (Phi) is 4.11. The van der Waals surface area contributed by atoms with Gasteiger partial charge >= 0.3 is 11.9 Å². The van der Waals surface area contributed by atoms with E-state index in [1.54, 1.807) is 24.3 Å². The van der Waals surface area contributed by atoms with Gasteiger partial charge in [0.05, 0.1) is 18.6 Å². The summed E-state index contributed by atoms with van der Waals surface area (Å²) in [5.74, 6) is -1.90. The van der Waals surface area contributed by atoms with Crippen LogP contribution in [-0.2, 0) is 9.53 Å². The lowest BCUT2D eigenvalue weighted by molar-refractivity contribution is -0.141. The van der Waals surface area contributed by atoms with E-state index in [1.807, 2.05) is 20.8 Å².